The maximum absolute atomic E-state index is 12.3. The normalized spacial score (nSPS) is 20.5. The summed E-state index contributed by atoms with van der Waals surface area (Å²) < 4.78 is 5.65. The van der Waals surface area contributed by atoms with Crippen LogP contribution in [0.4, 0.5) is 4.79 Å². The molecule has 2 amide bonds. The number of carbonyl (C=O) groups is 1. The standard InChI is InChI=1S/C14H23N3O2/c1-10-6-7-12(19-10)11-8-17(13(18)16(11)5)9-14(2,3)15-4/h6-7,11,15H,8-9H2,1-5H3. The van der Waals surface area contributed by atoms with Crippen molar-refractivity contribution in [1.29, 1.82) is 0 Å². The number of hydrogen-bond donors (Lipinski definition) is 1. The van der Waals surface area contributed by atoms with Crippen LogP contribution in [0.5, 0.6) is 0 Å². The molecule has 1 aliphatic heterocycles. The zero-order valence-electron chi connectivity index (χ0n) is 12.4. The van der Waals surface area contributed by atoms with Gasteiger partial charge < -0.3 is 19.5 Å². The van der Waals surface area contributed by atoms with Gasteiger partial charge in [-0.1, -0.05) is 0 Å². The maximum Gasteiger partial charge on any atom is 0.320 e. The smallest absolute Gasteiger partial charge is 0.320 e. The summed E-state index contributed by atoms with van der Waals surface area (Å²) in [6, 6.07) is 3.96. The fraction of sp³-hybridized carbons (Fsp3) is 0.643. The summed E-state index contributed by atoms with van der Waals surface area (Å²) in [7, 11) is 3.74. The number of nitrogens with zero attached hydrogens (tertiary/aromatic N) is 2. The van der Waals surface area contributed by atoms with Crippen LogP contribution in [-0.4, -0.2) is 48.6 Å². The lowest BCUT2D eigenvalue weighted by molar-refractivity contribution is 0.184. The van der Waals surface area contributed by atoms with Crippen molar-refractivity contribution < 1.29 is 9.21 Å². The molecule has 19 heavy (non-hydrogen) atoms. The van der Waals surface area contributed by atoms with E-state index >= 15 is 0 Å². The van der Waals surface area contributed by atoms with Crippen LogP contribution in [0.3, 0.4) is 0 Å². The molecule has 0 aliphatic carbocycles. The molecule has 2 heterocycles. The number of carbonyl (C=O) groups excluding carboxylic acids is 1. The molecule has 5 nitrogen and oxygen atoms in total. The molecule has 1 aromatic rings. The third-order valence-electron chi connectivity index (χ3n) is 3.79. The number of aryl methyl sites for hydroxylation is 1. The van der Waals surface area contributed by atoms with E-state index < -0.39 is 0 Å². The number of hydrogen-bond acceptors (Lipinski definition) is 3. The monoisotopic (exact) mass is 265 g/mol. The van der Waals surface area contributed by atoms with Crippen LogP contribution in [-0.2, 0) is 0 Å². The summed E-state index contributed by atoms with van der Waals surface area (Å²) in [5.74, 6) is 1.74. The summed E-state index contributed by atoms with van der Waals surface area (Å²) in [6.07, 6.45) is 0. The molecule has 2 rings (SSSR count). The SMILES string of the molecule is CNC(C)(C)CN1CC(c2ccc(C)o2)N(C)C1=O. The van der Waals surface area contributed by atoms with Gasteiger partial charge in [-0.05, 0) is 40.0 Å². The molecule has 0 spiro atoms. The predicted molar refractivity (Wildman–Crippen MR) is 74.1 cm³/mol. The lowest BCUT2D eigenvalue weighted by Crippen LogP contribution is -2.48. The first-order chi connectivity index (χ1) is 8.84. The molecule has 1 atom stereocenters. The minimum Gasteiger partial charge on any atom is -0.464 e. The molecule has 0 radical (unpaired) electrons. The van der Waals surface area contributed by atoms with Gasteiger partial charge in [-0.3, -0.25) is 0 Å². The molecule has 0 bridgehead atoms. The molecule has 106 valence electrons. The molecule has 1 aliphatic rings. The summed E-state index contributed by atoms with van der Waals surface area (Å²) in [5, 5.41) is 3.23. The van der Waals surface area contributed by atoms with Crippen molar-refractivity contribution in [2.45, 2.75) is 32.4 Å². The Kier molecular flexibility index (Phi) is 3.58. The zero-order chi connectivity index (χ0) is 14.2. The van der Waals surface area contributed by atoms with Crippen LogP contribution in [0.25, 0.3) is 0 Å². The highest BCUT2D eigenvalue weighted by molar-refractivity contribution is 5.77. The van der Waals surface area contributed by atoms with Gasteiger partial charge in [0.25, 0.3) is 0 Å². The molecule has 0 aromatic carbocycles. The fourth-order valence-corrected chi connectivity index (χ4v) is 2.37. The second-order valence-corrected chi connectivity index (χ2v) is 5.87. The molecular weight excluding hydrogens is 242 g/mol. The Morgan fingerprint density at radius 1 is 1.47 bits per heavy atom. The Bertz CT molecular complexity index is 467. The second-order valence-electron chi connectivity index (χ2n) is 5.87. The summed E-state index contributed by atoms with van der Waals surface area (Å²) in [4.78, 5) is 15.9. The lowest BCUT2D eigenvalue weighted by atomic mass is 10.1. The predicted octanol–water partition coefficient (Wildman–Crippen LogP) is 1.99. The largest absolute Gasteiger partial charge is 0.464 e. The summed E-state index contributed by atoms with van der Waals surface area (Å²) in [6.45, 7) is 7.45. The Morgan fingerprint density at radius 3 is 2.68 bits per heavy atom. The Labute approximate surface area is 114 Å². The first-order valence-electron chi connectivity index (χ1n) is 6.61. The topological polar surface area (TPSA) is 48.7 Å². The maximum atomic E-state index is 12.3. The van der Waals surface area contributed by atoms with Crippen molar-refractivity contribution in [3.63, 3.8) is 0 Å². The van der Waals surface area contributed by atoms with E-state index in [9.17, 15) is 4.79 Å². The van der Waals surface area contributed by atoms with Crippen LogP contribution in [0, 0.1) is 6.92 Å². The average molecular weight is 265 g/mol. The van der Waals surface area contributed by atoms with E-state index in [1.165, 1.54) is 0 Å². The minimum absolute atomic E-state index is 0.00820. The van der Waals surface area contributed by atoms with E-state index in [0.717, 1.165) is 11.5 Å². The average Bonchev–Trinajstić information content (AvgIpc) is 2.88. The van der Waals surface area contributed by atoms with Gasteiger partial charge in [0.15, 0.2) is 0 Å². The first kappa shape index (κ1) is 13.9. The molecule has 1 saturated heterocycles. The van der Waals surface area contributed by atoms with Gasteiger partial charge in [0.05, 0.1) is 6.54 Å². The van der Waals surface area contributed by atoms with Crippen LogP contribution in [0.15, 0.2) is 16.5 Å². The van der Waals surface area contributed by atoms with Crippen molar-refractivity contribution in [1.82, 2.24) is 15.1 Å². The number of nitrogens with one attached hydrogen (secondary N) is 1. The zero-order valence-corrected chi connectivity index (χ0v) is 12.4. The van der Waals surface area contributed by atoms with Gasteiger partial charge in [0.1, 0.15) is 17.6 Å². The molecule has 1 aromatic heterocycles. The van der Waals surface area contributed by atoms with Gasteiger partial charge >= 0.3 is 6.03 Å². The van der Waals surface area contributed by atoms with Crippen LogP contribution < -0.4 is 5.32 Å². The van der Waals surface area contributed by atoms with Crippen molar-refractivity contribution in [3.8, 4) is 0 Å². The number of furan rings is 1. The van der Waals surface area contributed by atoms with Crippen molar-refractivity contribution in [2.75, 3.05) is 27.2 Å². The fourth-order valence-electron chi connectivity index (χ4n) is 2.37. The summed E-state index contributed by atoms with van der Waals surface area (Å²) in [5.41, 5.74) is -0.0928. The molecule has 0 saturated carbocycles. The third-order valence-corrected chi connectivity index (χ3v) is 3.79. The summed E-state index contributed by atoms with van der Waals surface area (Å²) >= 11 is 0. The molecule has 1 unspecified atom stereocenters. The van der Waals surface area contributed by atoms with E-state index in [2.05, 4.69) is 19.2 Å². The van der Waals surface area contributed by atoms with Crippen molar-refractivity contribution >= 4 is 6.03 Å². The molecule has 5 heteroatoms. The van der Waals surface area contributed by atoms with Gasteiger partial charge in [-0.15, -0.1) is 0 Å². The number of amides is 2. The highest BCUT2D eigenvalue weighted by Gasteiger charge is 2.39. The highest BCUT2D eigenvalue weighted by atomic mass is 16.3. The van der Waals surface area contributed by atoms with Gasteiger partial charge in [0.2, 0.25) is 0 Å². The molecule has 1 N–H and O–H groups in total. The van der Waals surface area contributed by atoms with Crippen LogP contribution in [0.2, 0.25) is 0 Å². The van der Waals surface area contributed by atoms with E-state index in [-0.39, 0.29) is 17.6 Å². The first-order valence-corrected chi connectivity index (χ1v) is 6.61. The Balaban J connectivity index is 2.13. The number of rotatable bonds is 4. The highest BCUT2D eigenvalue weighted by Crippen LogP contribution is 2.29. The van der Waals surface area contributed by atoms with Gasteiger partial charge in [-0.2, -0.15) is 0 Å². The van der Waals surface area contributed by atoms with E-state index in [1.54, 1.807) is 4.90 Å². The Hall–Kier alpha value is -1.49. The number of urea groups is 1. The van der Waals surface area contributed by atoms with E-state index in [1.807, 2.05) is 38.1 Å². The second kappa shape index (κ2) is 4.89. The van der Waals surface area contributed by atoms with E-state index in [4.69, 9.17) is 4.42 Å². The molecule has 1 fully saturated rings. The quantitative estimate of drug-likeness (QED) is 0.905. The van der Waals surface area contributed by atoms with Crippen molar-refractivity contribution in [3.05, 3.63) is 23.7 Å². The minimum atomic E-state index is -0.0928. The van der Waals surface area contributed by atoms with E-state index in [0.29, 0.717) is 13.1 Å². The third kappa shape index (κ3) is 2.76. The van der Waals surface area contributed by atoms with Gasteiger partial charge in [-0.25, -0.2) is 4.79 Å². The Morgan fingerprint density at radius 2 is 2.16 bits per heavy atom. The van der Waals surface area contributed by atoms with Crippen molar-refractivity contribution in [2.24, 2.45) is 0 Å². The number of likely N-dealkylation sites (N-methyl/N-ethyl adjacent to an activating group) is 2. The van der Waals surface area contributed by atoms with Gasteiger partial charge in [0, 0.05) is 19.1 Å². The lowest BCUT2D eigenvalue weighted by Gasteiger charge is -2.29. The molecular formula is C14H23N3O2. The van der Waals surface area contributed by atoms with Crippen LogP contribution in [0.1, 0.15) is 31.4 Å². The van der Waals surface area contributed by atoms with Crippen LogP contribution >= 0.6 is 0 Å².